The van der Waals surface area contributed by atoms with Gasteiger partial charge in [-0.1, -0.05) is 18.2 Å². The van der Waals surface area contributed by atoms with Gasteiger partial charge >= 0.3 is 19.5 Å². The average Bonchev–Trinajstić information content (AvgIpc) is 2.62. The van der Waals surface area contributed by atoms with E-state index >= 15 is 0 Å². The molecule has 0 aliphatic carbocycles. The van der Waals surface area contributed by atoms with E-state index < -0.39 is 25.7 Å². The largest absolute Gasteiger partial charge is 0.465 e. The molecule has 0 spiro atoms. The number of halogens is 1. The normalized spacial score (nSPS) is 11.6. The molecule has 0 saturated carbocycles. The van der Waals surface area contributed by atoms with E-state index in [1.165, 1.54) is 6.08 Å². The third-order valence-electron chi connectivity index (χ3n) is 3.40. The molecule has 9 heteroatoms. The van der Waals surface area contributed by atoms with Crippen LogP contribution >= 0.6 is 23.5 Å². The highest BCUT2D eigenvalue weighted by atomic mass is 79.9. The summed E-state index contributed by atoms with van der Waals surface area (Å²) in [5, 5.41) is 0. The monoisotopic (exact) mass is 476 g/mol. The number of carbonyl (C=O) groups excluding carboxylic acids is 2. The minimum absolute atomic E-state index is 0.112. The van der Waals surface area contributed by atoms with Crippen LogP contribution in [0.5, 0.6) is 0 Å². The van der Waals surface area contributed by atoms with Crippen molar-refractivity contribution in [3.8, 4) is 0 Å². The second-order valence-electron chi connectivity index (χ2n) is 5.48. The van der Waals surface area contributed by atoms with E-state index in [0.717, 1.165) is 15.6 Å². The van der Waals surface area contributed by atoms with E-state index in [4.69, 9.17) is 18.5 Å². The number of benzene rings is 1. The maximum Gasteiger partial charge on any atom is 0.341 e. The minimum Gasteiger partial charge on any atom is -0.465 e. The van der Waals surface area contributed by atoms with Crippen LogP contribution in [-0.2, 0) is 39.1 Å². The fraction of sp³-hybridized carbons (Fsp3) is 0.474. The number of carbonyl (C=O) groups is 2. The summed E-state index contributed by atoms with van der Waals surface area (Å²) in [6.07, 6.45) is 3.03. The van der Waals surface area contributed by atoms with Gasteiger partial charge in [-0.2, -0.15) is 0 Å². The van der Waals surface area contributed by atoms with Crippen molar-refractivity contribution in [1.82, 2.24) is 0 Å². The Balaban J connectivity index is 2.63. The van der Waals surface area contributed by atoms with E-state index in [1.54, 1.807) is 26.8 Å². The van der Waals surface area contributed by atoms with Crippen molar-refractivity contribution in [2.45, 2.75) is 27.2 Å². The lowest BCUT2D eigenvalue weighted by molar-refractivity contribution is -0.141. The van der Waals surface area contributed by atoms with E-state index in [1.807, 2.05) is 18.2 Å². The summed E-state index contributed by atoms with van der Waals surface area (Å²) in [6, 6.07) is 5.56. The maximum absolute atomic E-state index is 12.3. The van der Waals surface area contributed by atoms with Crippen molar-refractivity contribution in [3.63, 3.8) is 0 Å². The van der Waals surface area contributed by atoms with Gasteiger partial charge in [-0.3, -0.25) is 9.36 Å². The summed E-state index contributed by atoms with van der Waals surface area (Å²) in [7, 11) is -3.47. The smallest absolute Gasteiger partial charge is 0.341 e. The topological polar surface area (TPSA) is 88.1 Å². The highest BCUT2D eigenvalue weighted by Gasteiger charge is 2.28. The predicted octanol–water partition coefficient (Wildman–Crippen LogP) is 4.38. The number of ether oxygens (including phenoxy) is 2. The molecule has 1 aromatic carbocycles. The number of rotatable bonds is 12. The van der Waals surface area contributed by atoms with Gasteiger partial charge in [0.25, 0.3) is 0 Å². The van der Waals surface area contributed by atoms with Gasteiger partial charge in [-0.25, -0.2) is 4.79 Å². The fourth-order valence-electron chi connectivity index (χ4n) is 2.27. The Kier molecular flexibility index (Phi) is 11.3. The van der Waals surface area contributed by atoms with Crippen LogP contribution in [0.3, 0.4) is 0 Å². The van der Waals surface area contributed by atoms with E-state index in [0.29, 0.717) is 13.0 Å². The summed E-state index contributed by atoms with van der Waals surface area (Å²) >= 11 is 3.50. The first-order valence-electron chi connectivity index (χ1n) is 9.01. The summed E-state index contributed by atoms with van der Waals surface area (Å²) in [4.78, 5) is 23.4. The van der Waals surface area contributed by atoms with Crippen LogP contribution in [0.25, 0.3) is 6.08 Å². The maximum atomic E-state index is 12.3. The van der Waals surface area contributed by atoms with Crippen LogP contribution in [0.1, 0.15) is 31.9 Å². The van der Waals surface area contributed by atoms with Crippen molar-refractivity contribution >= 4 is 41.5 Å². The molecule has 0 aliphatic rings. The third kappa shape index (κ3) is 8.69. The van der Waals surface area contributed by atoms with Crippen LogP contribution in [0.4, 0.5) is 0 Å². The lowest BCUT2D eigenvalue weighted by Gasteiger charge is -2.16. The molecule has 7 nitrogen and oxygen atoms in total. The van der Waals surface area contributed by atoms with Gasteiger partial charge in [-0.05, 0) is 53.9 Å². The van der Waals surface area contributed by atoms with Crippen molar-refractivity contribution in [3.05, 3.63) is 39.9 Å². The van der Waals surface area contributed by atoms with Gasteiger partial charge in [0.1, 0.15) is 6.16 Å². The zero-order valence-corrected chi connectivity index (χ0v) is 18.8. The van der Waals surface area contributed by atoms with Gasteiger partial charge in [-0.15, -0.1) is 0 Å². The van der Waals surface area contributed by atoms with Gasteiger partial charge in [0, 0.05) is 17.0 Å². The van der Waals surface area contributed by atoms with Crippen LogP contribution in [0.2, 0.25) is 0 Å². The van der Waals surface area contributed by atoms with Gasteiger partial charge in [0.15, 0.2) is 0 Å². The molecule has 1 aromatic rings. The van der Waals surface area contributed by atoms with E-state index in [2.05, 4.69) is 15.9 Å². The van der Waals surface area contributed by atoms with Crippen LogP contribution in [-0.4, -0.2) is 44.5 Å². The van der Waals surface area contributed by atoms with Crippen molar-refractivity contribution < 1.29 is 32.7 Å². The molecule has 0 aromatic heterocycles. The summed E-state index contributed by atoms with van der Waals surface area (Å²) in [6.45, 7) is 5.89. The zero-order chi connectivity index (χ0) is 21.0. The first-order chi connectivity index (χ1) is 13.3. The molecule has 0 atom stereocenters. The molecule has 0 unspecified atom stereocenters. The molecule has 0 heterocycles. The fourth-order valence-corrected chi connectivity index (χ4v) is 4.32. The Morgan fingerprint density at radius 1 is 1.07 bits per heavy atom. The van der Waals surface area contributed by atoms with Crippen molar-refractivity contribution in [1.29, 1.82) is 0 Å². The first kappa shape index (κ1) is 24.6. The summed E-state index contributed by atoms with van der Waals surface area (Å²) in [5.41, 5.74) is 1.70. The molecule has 0 radical (unpaired) electrons. The molecule has 28 heavy (non-hydrogen) atoms. The molecule has 0 saturated heterocycles. The number of hydrogen-bond acceptors (Lipinski definition) is 7. The minimum atomic E-state index is -3.47. The lowest BCUT2D eigenvalue weighted by atomic mass is 10.1. The second-order valence-corrected chi connectivity index (χ2v) is 8.33. The first-order valence-corrected chi connectivity index (χ1v) is 11.5. The van der Waals surface area contributed by atoms with Gasteiger partial charge < -0.3 is 18.5 Å². The van der Waals surface area contributed by atoms with E-state index in [-0.39, 0.29) is 19.8 Å². The molecule has 0 amide bonds. The van der Waals surface area contributed by atoms with Crippen molar-refractivity contribution in [2.75, 3.05) is 32.6 Å². The van der Waals surface area contributed by atoms with E-state index in [9.17, 15) is 14.2 Å². The Morgan fingerprint density at radius 2 is 1.75 bits per heavy atom. The zero-order valence-electron chi connectivity index (χ0n) is 16.3. The van der Waals surface area contributed by atoms with Gasteiger partial charge in [0.2, 0.25) is 0 Å². The van der Waals surface area contributed by atoms with Crippen LogP contribution < -0.4 is 0 Å². The highest BCUT2D eigenvalue weighted by molar-refractivity contribution is 9.10. The molecule has 156 valence electrons. The molecular weight excluding hydrogens is 451 g/mol. The van der Waals surface area contributed by atoms with Crippen LogP contribution in [0.15, 0.2) is 28.7 Å². The number of hydrogen-bond donors (Lipinski definition) is 0. The summed E-state index contributed by atoms with van der Waals surface area (Å²) in [5.74, 6) is -1.05. The Morgan fingerprint density at radius 3 is 2.36 bits per heavy atom. The molecule has 0 N–H and O–H groups in total. The third-order valence-corrected chi connectivity index (χ3v) is 6.32. The Labute approximate surface area is 174 Å². The van der Waals surface area contributed by atoms with Crippen molar-refractivity contribution in [2.24, 2.45) is 0 Å². The molecule has 0 fully saturated rings. The van der Waals surface area contributed by atoms with Crippen LogP contribution in [0, 0.1) is 0 Å². The average molecular weight is 477 g/mol. The quantitative estimate of drug-likeness (QED) is 0.251. The summed E-state index contributed by atoms with van der Waals surface area (Å²) < 4.78 is 33.3. The Bertz CT molecular complexity index is 723. The number of esters is 2. The SMILES string of the molecule is CCOC(=O)/C=C/c1cccc(CCOC(=O)CP(=O)(OCC)OCC)c1Br. The standard InChI is InChI=1S/C19H26BrO7P/c1-4-24-17(21)11-10-15-8-7-9-16(19(15)20)12-13-25-18(22)14-28(23,26-5-2)27-6-3/h7-11H,4-6,12-14H2,1-3H3/b11-10+. The predicted molar refractivity (Wildman–Crippen MR) is 110 cm³/mol. The van der Waals surface area contributed by atoms with Gasteiger partial charge in [0.05, 0.1) is 26.4 Å². The molecular formula is C19H26BrO7P. The highest BCUT2D eigenvalue weighted by Crippen LogP contribution is 2.47. The lowest BCUT2D eigenvalue weighted by Crippen LogP contribution is -2.15. The molecule has 0 bridgehead atoms. The second kappa shape index (κ2) is 12.9. The molecule has 0 aliphatic heterocycles. The molecule has 1 rings (SSSR count). The Hall–Kier alpha value is -1.47.